The Morgan fingerprint density at radius 1 is 1.18 bits per heavy atom. The molecule has 0 aliphatic heterocycles. The summed E-state index contributed by atoms with van der Waals surface area (Å²) in [5, 5.41) is 4.53. The summed E-state index contributed by atoms with van der Waals surface area (Å²) in [5.41, 5.74) is 0.819. The van der Waals surface area contributed by atoms with Crippen LogP contribution in [0.25, 0.3) is 0 Å². The third-order valence-electron chi connectivity index (χ3n) is 2.08. The van der Waals surface area contributed by atoms with Crippen molar-refractivity contribution in [1.82, 2.24) is 0 Å². The summed E-state index contributed by atoms with van der Waals surface area (Å²) in [4.78, 5) is 1.12. The number of halogens is 4. The number of nitrogens with one attached hydrogen (secondary N) is 1. The van der Waals surface area contributed by atoms with E-state index >= 15 is 0 Å². The Hall–Kier alpha value is 0.0700. The van der Waals surface area contributed by atoms with Crippen LogP contribution in [0.4, 0.5) is 5.69 Å². The molecule has 0 unspecified atom stereocenters. The van der Waals surface area contributed by atoms with Crippen LogP contribution >= 0.6 is 62.1 Å². The van der Waals surface area contributed by atoms with Gasteiger partial charge < -0.3 is 5.32 Å². The van der Waals surface area contributed by atoms with Crippen LogP contribution in [0.1, 0.15) is 4.88 Å². The number of thiophene rings is 1. The Labute approximate surface area is 127 Å². The van der Waals surface area contributed by atoms with Gasteiger partial charge in [0.15, 0.2) is 0 Å². The van der Waals surface area contributed by atoms with E-state index in [1.165, 1.54) is 11.3 Å². The first-order valence-electron chi connectivity index (χ1n) is 4.69. The Morgan fingerprint density at radius 2 is 1.94 bits per heavy atom. The fraction of sp³-hybridized carbons (Fsp3) is 0.0909. The predicted octanol–water partition coefficient (Wildman–Crippen LogP) is 6.08. The quantitative estimate of drug-likeness (QED) is 0.689. The van der Waals surface area contributed by atoms with Gasteiger partial charge in [-0.25, -0.2) is 0 Å². The molecule has 1 N–H and O–H groups in total. The van der Waals surface area contributed by atoms with Crippen molar-refractivity contribution in [3.8, 4) is 0 Å². The number of benzene rings is 1. The van der Waals surface area contributed by atoms with Gasteiger partial charge in [-0.1, -0.05) is 34.8 Å². The van der Waals surface area contributed by atoms with Gasteiger partial charge in [-0.05, 0) is 40.2 Å². The van der Waals surface area contributed by atoms with Crippen molar-refractivity contribution in [2.75, 3.05) is 5.32 Å². The van der Waals surface area contributed by atoms with Gasteiger partial charge in [0.05, 0.1) is 10.7 Å². The van der Waals surface area contributed by atoms with Crippen molar-refractivity contribution in [1.29, 1.82) is 0 Å². The molecule has 1 aromatic carbocycles. The van der Waals surface area contributed by atoms with Crippen molar-refractivity contribution in [2.24, 2.45) is 0 Å². The van der Waals surface area contributed by atoms with Crippen molar-refractivity contribution in [3.63, 3.8) is 0 Å². The average Bonchev–Trinajstić information content (AvgIpc) is 2.60. The first-order valence-corrected chi connectivity index (χ1v) is 7.43. The largest absolute Gasteiger partial charge is 0.379 e. The first kappa shape index (κ1) is 13.5. The molecular formula is C11H7BrCl3NS. The monoisotopic (exact) mass is 369 g/mol. The van der Waals surface area contributed by atoms with E-state index in [9.17, 15) is 0 Å². The molecule has 0 amide bonds. The standard InChI is InChI=1S/C11H7BrCl3NS/c12-8-4-7(17-11(8)15)5-16-10-3-6(13)1-2-9(10)14/h1-4,16H,5H2. The highest BCUT2D eigenvalue weighted by atomic mass is 79.9. The SMILES string of the molecule is Clc1ccc(Cl)c(NCc2cc(Br)c(Cl)s2)c1. The molecule has 1 aromatic heterocycles. The zero-order valence-electron chi connectivity index (χ0n) is 8.44. The molecule has 90 valence electrons. The average molecular weight is 372 g/mol. The molecule has 1 heterocycles. The maximum Gasteiger partial charge on any atom is 0.107 e. The topological polar surface area (TPSA) is 12.0 Å². The summed E-state index contributed by atoms with van der Waals surface area (Å²) in [6.45, 7) is 0.663. The van der Waals surface area contributed by atoms with Gasteiger partial charge in [0.25, 0.3) is 0 Å². The first-order chi connectivity index (χ1) is 8.06. The zero-order chi connectivity index (χ0) is 12.4. The Morgan fingerprint density at radius 3 is 2.59 bits per heavy atom. The Balaban J connectivity index is 2.09. The van der Waals surface area contributed by atoms with E-state index in [2.05, 4.69) is 21.2 Å². The van der Waals surface area contributed by atoms with E-state index < -0.39 is 0 Å². The lowest BCUT2D eigenvalue weighted by atomic mass is 10.3. The van der Waals surface area contributed by atoms with Gasteiger partial charge in [0, 0.05) is 20.9 Å². The molecule has 0 fully saturated rings. The van der Waals surface area contributed by atoms with Crippen LogP contribution in [0, 0.1) is 0 Å². The fourth-order valence-corrected chi connectivity index (χ4v) is 3.38. The maximum atomic E-state index is 6.05. The summed E-state index contributed by atoms with van der Waals surface area (Å²) in [6, 6.07) is 7.31. The number of rotatable bonds is 3. The number of hydrogen-bond acceptors (Lipinski definition) is 2. The van der Waals surface area contributed by atoms with E-state index in [1.54, 1.807) is 18.2 Å². The molecule has 0 saturated heterocycles. The molecule has 2 rings (SSSR count). The minimum Gasteiger partial charge on any atom is -0.379 e. The van der Waals surface area contributed by atoms with Crippen LogP contribution in [0.5, 0.6) is 0 Å². The molecule has 2 aromatic rings. The lowest BCUT2D eigenvalue weighted by Crippen LogP contribution is -1.97. The summed E-state index contributed by atoms with van der Waals surface area (Å²) in [7, 11) is 0. The highest BCUT2D eigenvalue weighted by molar-refractivity contribution is 9.10. The van der Waals surface area contributed by atoms with Gasteiger partial charge in [0.1, 0.15) is 4.34 Å². The minimum atomic E-state index is 0.649. The van der Waals surface area contributed by atoms with E-state index in [4.69, 9.17) is 34.8 Å². The highest BCUT2D eigenvalue weighted by Gasteiger charge is 2.06. The van der Waals surface area contributed by atoms with Gasteiger partial charge in [-0.3, -0.25) is 0 Å². The lowest BCUT2D eigenvalue weighted by Gasteiger charge is -2.07. The zero-order valence-corrected chi connectivity index (χ0v) is 13.1. The molecule has 0 spiro atoms. The third kappa shape index (κ3) is 3.52. The van der Waals surface area contributed by atoms with E-state index in [-0.39, 0.29) is 0 Å². The van der Waals surface area contributed by atoms with Crippen LogP contribution < -0.4 is 5.32 Å². The molecule has 0 aliphatic carbocycles. The molecule has 0 aliphatic rings. The van der Waals surface area contributed by atoms with Gasteiger partial charge in [-0.2, -0.15) is 0 Å². The van der Waals surface area contributed by atoms with Gasteiger partial charge >= 0.3 is 0 Å². The summed E-state index contributed by atoms with van der Waals surface area (Å²) in [5.74, 6) is 0. The Kier molecular flexibility index (Phi) is 4.61. The van der Waals surface area contributed by atoms with Gasteiger partial charge in [0.2, 0.25) is 0 Å². The lowest BCUT2D eigenvalue weighted by molar-refractivity contribution is 1.19. The van der Waals surface area contributed by atoms with Crippen LogP contribution in [0.15, 0.2) is 28.7 Å². The van der Waals surface area contributed by atoms with Crippen molar-refractivity contribution in [2.45, 2.75) is 6.54 Å². The number of anilines is 1. The second kappa shape index (κ2) is 5.81. The highest BCUT2D eigenvalue weighted by Crippen LogP contribution is 2.33. The van der Waals surface area contributed by atoms with Crippen molar-refractivity contribution < 1.29 is 0 Å². The van der Waals surface area contributed by atoms with E-state index in [1.807, 2.05) is 6.07 Å². The molecule has 6 heteroatoms. The molecule has 0 bridgehead atoms. The van der Waals surface area contributed by atoms with E-state index in [0.717, 1.165) is 19.4 Å². The molecular weight excluding hydrogens is 364 g/mol. The van der Waals surface area contributed by atoms with Crippen LogP contribution in [-0.4, -0.2) is 0 Å². The van der Waals surface area contributed by atoms with Crippen molar-refractivity contribution in [3.05, 3.63) is 48.0 Å². The van der Waals surface area contributed by atoms with Crippen molar-refractivity contribution >= 4 is 67.8 Å². The minimum absolute atomic E-state index is 0.649. The molecule has 0 saturated carbocycles. The van der Waals surface area contributed by atoms with E-state index in [0.29, 0.717) is 16.6 Å². The maximum absolute atomic E-state index is 6.05. The molecule has 17 heavy (non-hydrogen) atoms. The smallest absolute Gasteiger partial charge is 0.107 e. The normalized spacial score (nSPS) is 10.6. The summed E-state index contributed by atoms with van der Waals surface area (Å²) >= 11 is 22.8. The molecule has 0 radical (unpaired) electrons. The summed E-state index contributed by atoms with van der Waals surface area (Å²) < 4.78 is 1.66. The second-order valence-corrected chi connectivity index (χ2v) is 6.75. The molecule has 0 atom stereocenters. The van der Waals surface area contributed by atoms with Crippen LogP contribution in [0.2, 0.25) is 14.4 Å². The second-order valence-electron chi connectivity index (χ2n) is 3.31. The third-order valence-corrected chi connectivity index (χ3v) is 5.12. The molecule has 1 nitrogen and oxygen atoms in total. The predicted molar refractivity (Wildman–Crippen MR) is 80.8 cm³/mol. The number of hydrogen-bond donors (Lipinski definition) is 1. The summed E-state index contributed by atoms with van der Waals surface area (Å²) in [6.07, 6.45) is 0. The Bertz CT molecular complexity index is 522. The van der Waals surface area contributed by atoms with Crippen LogP contribution in [0.3, 0.4) is 0 Å². The fourth-order valence-electron chi connectivity index (χ4n) is 1.29. The van der Waals surface area contributed by atoms with Gasteiger partial charge in [-0.15, -0.1) is 11.3 Å². The van der Waals surface area contributed by atoms with Crippen LogP contribution in [-0.2, 0) is 6.54 Å².